The predicted molar refractivity (Wildman–Crippen MR) is 122 cm³/mol. The number of hydrogen-bond acceptors (Lipinski definition) is 6. The molecule has 2 amide bonds. The van der Waals surface area contributed by atoms with Crippen molar-refractivity contribution in [3.63, 3.8) is 0 Å². The molecule has 3 rings (SSSR count). The molecule has 1 saturated heterocycles. The first-order valence-electron chi connectivity index (χ1n) is 9.52. The molecule has 33 heavy (non-hydrogen) atoms. The third-order valence-electron chi connectivity index (χ3n) is 4.54. The lowest BCUT2D eigenvalue weighted by molar-refractivity contribution is -0.384. The van der Waals surface area contributed by atoms with E-state index in [4.69, 9.17) is 12.2 Å². The van der Waals surface area contributed by atoms with Crippen LogP contribution in [-0.4, -0.2) is 32.5 Å². The van der Waals surface area contributed by atoms with Gasteiger partial charge < -0.3 is 5.32 Å². The highest BCUT2D eigenvalue weighted by Gasteiger charge is 2.34. The molecule has 0 spiro atoms. The van der Waals surface area contributed by atoms with E-state index in [9.17, 15) is 32.9 Å². The molecule has 172 valence electrons. The van der Waals surface area contributed by atoms with Gasteiger partial charge in [-0.2, -0.15) is 13.2 Å². The van der Waals surface area contributed by atoms with Crippen LogP contribution in [0.5, 0.6) is 0 Å². The predicted octanol–water partition coefficient (Wildman–Crippen LogP) is 5.23. The molecular weight excluding hydrogens is 479 g/mol. The summed E-state index contributed by atoms with van der Waals surface area (Å²) < 4.78 is 39.4. The summed E-state index contributed by atoms with van der Waals surface area (Å²) >= 11 is 6.24. The second kappa shape index (κ2) is 10.1. The average Bonchev–Trinajstić information content (AvgIpc) is 3.01. The van der Waals surface area contributed by atoms with Crippen LogP contribution in [0.15, 0.2) is 53.4 Å². The van der Waals surface area contributed by atoms with Crippen LogP contribution in [0.2, 0.25) is 0 Å². The number of carbonyl (C=O) groups is 2. The van der Waals surface area contributed by atoms with E-state index >= 15 is 0 Å². The first-order valence-corrected chi connectivity index (χ1v) is 10.7. The summed E-state index contributed by atoms with van der Waals surface area (Å²) in [7, 11) is 0. The summed E-state index contributed by atoms with van der Waals surface area (Å²) in [4.78, 5) is 36.7. The van der Waals surface area contributed by atoms with Crippen molar-refractivity contribution in [1.82, 2.24) is 4.90 Å². The zero-order valence-electron chi connectivity index (χ0n) is 16.8. The van der Waals surface area contributed by atoms with Crippen LogP contribution in [-0.2, 0) is 15.8 Å². The summed E-state index contributed by atoms with van der Waals surface area (Å²) in [5.74, 6) is -1.02. The Morgan fingerprint density at radius 1 is 1.21 bits per heavy atom. The van der Waals surface area contributed by atoms with Gasteiger partial charge >= 0.3 is 6.18 Å². The standard InChI is InChI=1S/C21H16F3N3O4S2/c22-21(23,24)15-7-1-2-8-16(15)25-18(28)9-4-10-26-19(29)17(33-20(26)32)12-13-5-3-6-14(11-13)27(30)31/h1-3,5-8,11-12H,4,9-10H2,(H,25,28)/b17-12-. The Balaban J connectivity index is 1.59. The molecule has 1 fully saturated rings. The number of anilines is 1. The number of nitrogens with zero attached hydrogens (tertiary/aromatic N) is 2. The molecule has 7 nitrogen and oxygen atoms in total. The molecule has 0 aliphatic carbocycles. The van der Waals surface area contributed by atoms with Crippen molar-refractivity contribution >= 4 is 57.6 Å². The van der Waals surface area contributed by atoms with Gasteiger partial charge in [0.1, 0.15) is 4.32 Å². The van der Waals surface area contributed by atoms with Crippen LogP contribution in [0, 0.1) is 10.1 Å². The Morgan fingerprint density at radius 3 is 2.64 bits per heavy atom. The zero-order chi connectivity index (χ0) is 24.2. The van der Waals surface area contributed by atoms with Crippen molar-refractivity contribution in [3.05, 3.63) is 74.7 Å². The van der Waals surface area contributed by atoms with E-state index in [1.165, 1.54) is 47.4 Å². The second-order valence-electron chi connectivity index (χ2n) is 6.88. The summed E-state index contributed by atoms with van der Waals surface area (Å²) in [6.45, 7) is 0.102. The number of amides is 2. The van der Waals surface area contributed by atoms with Crippen LogP contribution in [0.3, 0.4) is 0 Å². The molecule has 2 aromatic carbocycles. The van der Waals surface area contributed by atoms with Crippen LogP contribution in [0.4, 0.5) is 24.5 Å². The number of halogens is 3. The molecule has 0 radical (unpaired) electrons. The number of rotatable bonds is 7. The van der Waals surface area contributed by atoms with E-state index in [0.29, 0.717) is 5.56 Å². The molecule has 1 heterocycles. The highest BCUT2D eigenvalue weighted by molar-refractivity contribution is 8.26. The fourth-order valence-electron chi connectivity index (χ4n) is 3.02. The monoisotopic (exact) mass is 495 g/mol. The fraction of sp³-hybridized carbons (Fsp3) is 0.190. The molecule has 2 aromatic rings. The highest BCUT2D eigenvalue weighted by atomic mass is 32.2. The largest absolute Gasteiger partial charge is 0.418 e. The van der Waals surface area contributed by atoms with Gasteiger partial charge in [0, 0.05) is 25.1 Å². The van der Waals surface area contributed by atoms with Crippen molar-refractivity contribution in [2.45, 2.75) is 19.0 Å². The number of para-hydroxylation sites is 1. The topological polar surface area (TPSA) is 92.5 Å². The molecule has 1 aliphatic heterocycles. The Morgan fingerprint density at radius 2 is 1.94 bits per heavy atom. The summed E-state index contributed by atoms with van der Waals surface area (Å²) in [6, 6.07) is 10.4. The molecule has 0 bridgehead atoms. The molecule has 1 aliphatic rings. The van der Waals surface area contributed by atoms with Crippen LogP contribution >= 0.6 is 24.0 Å². The van der Waals surface area contributed by atoms with Crippen molar-refractivity contribution < 1.29 is 27.7 Å². The number of nitro benzene ring substituents is 1. The van der Waals surface area contributed by atoms with E-state index in [0.717, 1.165) is 17.8 Å². The maximum atomic E-state index is 13.0. The number of non-ortho nitro benzene ring substituents is 1. The normalized spacial score (nSPS) is 15.2. The van der Waals surface area contributed by atoms with Crippen molar-refractivity contribution in [2.75, 3.05) is 11.9 Å². The third-order valence-corrected chi connectivity index (χ3v) is 5.92. The average molecular weight is 496 g/mol. The van der Waals surface area contributed by atoms with Gasteiger partial charge in [-0.3, -0.25) is 24.6 Å². The summed E-state index contributed by atoms with van der Waals surface area (Å²) in [5, 5.41) is 13.2. The lowest BCUT2D eigenvalue weighted by atomic mass is 10.1. The molecule has 12 heteroatoms. The van der Waals surface area contributed by atoms with Gasteiger partial charge in [-0.1, -0.05) is 48.2 Å². The number of benzene rings is 2. The van der Waals surface area contributed by atoms with Crippen molar-refractivity contribution in [2.24, 2.45) is 0 Å². The Kier molecular flexibility index (Phi) is 7.49. The van der Waals surface area contributed by atoms with Crippen molar-refractivity contribution in [1.29, 1.82) is 0 Å². The minimum absolute atomic E-state index is 0.102. The van der Waals surface area contributed by atoms with Gasteiger partial charge in [-0.15, -0.1) is 0 Å². The summed E-state index contributed by atoms with van der Waals surface area (Å²) in [5.41, 5.74) is -0.924. The van der Waals surface area contributed by atoms with E-state index in [-0.39, 0.29) is 40.0 Å². The van der Waals surface area contributed by atoms with Gasteiger partial charge in [-0.25, -0.2) is 0 Å². The number of nitrogens with one attached hydrogen (secondary N) is 1. The smallest absolute Gasteiger partial charge is 0.326 e. The molecule has 0 aromatic heterocycles. The van der Waals surface area contributed by atoms with Gasteiger partial charge in [0.2, 0.25) is 5.91 Å². The minimum Gasteiger partial charge on any atom is -0.326 e. The summed E-state index contributed by atoms with van der Waals surface area (Å²) in [6.07, 6.45) is -3.05. The minimum atomic E-state index is -4.60. The zero-order valence-corrected chi connectivity index (χ0v) is 18.4. The van der Waals surface area contributed by atoms with Crippen molar-refractivity contribution in [3.8, 4) is 0 Å². The number of thioether (sulfide) groups is 1. The van der Waals surface area contributed by atoms with E-state index in [1.54, 1.807) is 6.07 Å². The maximum absolute atomic E-state index is 13.0. The number of hydrogen-bond donors (Lipinski definition) is 1. The molecular formula is C21H16F3N3O4S2. The second-order valence-corrected chi connectivity index (χ2v) is 8.56. The number of thiocarbonyl (C=S) groups is 1. The first-order chi connectivity index (χ1) is 15.6. The number of nitro groups is 1. The molecule has 0 unspecified atom stereocenters. The fourth-order valence-corrected chi connectivity index (χ4v) is 4.33. The number of carbonyl (C=O) groups excluding carboxylic acids is 2. The Bertz CT molecular complexity index is 1150. The Labute approximate surface area is 195 Å². The van der Waals surface area contributed by atoms with Gasteiger partial charge in [0.05, 0.1) is 21.1 Å². The van der Waals surface area contributed by atoms with Gasteiger partial charge in [0.15, 0.2) is 0 Å². The highest BCUT2D eigenvalue weighted by Crippen LogP contribution is 2.35. The van der Waals surface area contributed by atoms with Crippen LogP contribution in [0.25, 0.3) is 6.08 Å². The molecule has 1 N–H and O–H groups in total. The maximum Gasteiger partial charge on any atom is 0.418 e. The lowest BCUT2D eigenvalue weighted by Crippen LogP contribution is -2.29. The van der Waals surface area contributed by atoms with Gasteiger partial charge in [0.25, 0.3) is 11.6 Å². The van der Waals surface area contributed by atoms with Crippen LogP contribution < -0.4 is 5.32 Å². The quantitative estimate of drug-likeness (QED) is 0.245. The van der Waals surface area contributed by atoms with Crippen LogP contribution in [0.1, 0.15) is 24.0 Å². The number of alkyl halides is 3. The molecule has 0 atom stereocenters. The molecule has 0 saturated carbocycles. The van der Waals surface area contributed by atoms with E-state index < -0.39 is 28.5 Å². The van der Waals surface area contributed by atoms with Gasteiger partial charge in [-0.05, 0) is 30.2 Å². The SMILES string of the molecule is O=C(CCCN1C(=O)/C(=C/c2cccc([N+](=O)[O-])c2)SC1=S)Nc1ccccc1C(F)(F)F. The third kappa shape index (κ3) is 6.17. The van der Waals surface area contributed by atoms with E-state index in [1.807, 2.05) is 0 Å². The first kappa shape index (κ1) is 24.4. The van der Waals surface area contributed by atoms with E-state index in [2.05, 4.69) is 5.32 Å². The lowest BCUT2D eigenvalue weighted by Gasteiger charge is -2.15. The Hall–Kier alpha value is -3.25.